The predicted molar refractivity (Wildman–Crippen MR) is 105 cm³/mol. The van der Waals surface area contributed by atoms with Crippen LogP contribution in [0.4, 0.5) is 0 Å². The van der Waals surface area contributed by atoms with Gasteiger partial charge >= 0.3 is 0 Å². The largest absolute Gasteiger partial charge is 0.379 e. The topological polar surface area (TPSA) is 55.7 Å². The van der Waals surface area contributed by atoms with Crippen molar-refractivity contribution < 1.29 is 23.9 Å². The maximum absolute atomic E-state index is 12.0. The molecule has 0 atom stereocenters. The zero-order valence-electron chi connectivity index (χ0n) is 16.9. The standard InChI is InChI=1S/C17H35Cl2N3O4/c1-17(2,22(18)19)7-8-21(5)16(23)6-10-24-12-14-26-15-13-25-11-9-20(3)4/h6-15H2,1-5H3/p+1. The first-order valence-electron chi connectivity index (χ1n) is 9.05. The maximum Gasteiger partial charge on any atom is 0.224 e. The minimum atomic E-state index is -0.386. The average molecular weight is 417 g/mol. The van der Waals surface area contributed by atoms with E-state index in [1.54, 1.807) is 11.9 Å². The van der Waals surface area contributed by atoms with Gasteiger partial charge in [-0.3, -0.25) is 4.79 Å². The highest BCUT2D eigenvalue weighted by Gasteiger charge is 2.25. The number of carbonyl (C=O) groups excluding carboxylic acids is 1. The lowest BCUT2D eigenvalue weighted by molar-refractivity contribution is -0.858. The third-order valence-electron chi connectivity index (χ3n) is 3.89. The Bertz CT molecular complexity index is 372. The van der Waals surface area contributed by atoms with Gasteiger partial charge in [0.05, 0.1) is 60.2 Å². The van der Waals surface area contributed by atoms with Crippen LogP contribution in [0.25, 0.3) is 0 Å². The molecular formula is C17H36Cl2N3O4+. The third-order valence-corrected chi connectivity index (χ3v) is 4.81. The van der Waals surface area contributed by atoms with Gasteiger partial charge in [-0.15, -0.1) is 3.94 Å². The third kappa shape index (κ3) is 14.0. The summed E-state index contributed by atoms with van der Waals surface area (Å²) < 4.78 is 17.4. The van der Waals surface area contributed by atoms with Crippen molar-refractivity contribution in [3.8, 4) is 0 Å². The Morgan fingerprint density at radius 1 is 0.962 bits per heavy atom. The first-order chi connectivity index (χ1) is 12.2. The molecule has 1 N–H and O–H groups in total. The number of quaternary nitrogens is 1. The van der Waals surface area contributed by atoms with Crippen LogP contribution in [-0.4, -0.2) is 94.2 Å². The number of likely N-dealkylation sites (N-methyl/N-ethyl adjacent to an activating group) is 1. The summed E-state index contributed by atoms with van der Waals surface area (Å²) in [5.41, 5.74) is -0.386. The monoisotopic (exact) mass is 416 g/mol. The van der Waals surface area contributed by atoms with Crippen molar-refractivity contribution in [2.45, 2.75) is 32.2 Å². The molecule has 0 aromatic carbocycles. The number of rotatable bonds is 16. The van der Waals surface area contributed by atoms with Crippen molar-refractivity contribution in [2.24, 2.45) is 0 Å². The van der Waals surface area contributed by atoms with E-state index in [4.69, 9.17) is 37.8 Å². The van der Waals surface area contributed by atoms with Gasteiger partial charge in [-0.1, -0.05) is 0 Å². The average Bonchev–Trinajstić information content (AvgIpc) is 2.56. The molecule has 26 heavy (non-hydrogen) atoms. The Hall–Kier alpha value is -0.150. The molecule has 0 aromatic heterocycles. The van der Waals surface area contributed by atoms with Crippen LogP contribution in [0.15, 0.2) is 0 Å². The molecule has 156 valence electrons. The molecule has 0 aliphatic rings. The summed E-state index contributed by atoms with van der Waals surface area (Å²) in [5.74, 6) is 0.0360. The first kappa shape index (κ1) is 25.9. The van der Waals surface area contributed by atoms with E-state index in [1.165, 1.54) is 4.90 Å². The van der Waals surface area contributed by atoms with Crippen LogP contribution in [0.2, 0.25) is 0 Å². The quantitative estimate of drug-likeness (QED) is 0.298. The highest BCUT2D eigenvalue weighted by Crippen LogP contribution is 2.23. The van der Waals surface area contributed by atoms with Gasteiger partial charge in [-0.05, 0) is 43.8 Å². The van der Waals surface area contributed by atoms with Crippen molar-refractivity contribution in [3.63, 3.8) is 0 Å². The van der Waals surface area contributed by atoms with Gasteiger partial charge in [0.15, 0.2) is 0 Å². The van der Waals surface area contributed by atoms with E-state index in [-0.39, 0.29) is 11.4 Å². The van der Waals surface area contributed by atoms with Gasteiger partial charge in [0.1, 0.15) is 6.54 Å². The van der Waals surface area contributed by atoms with E-state index in [0.29, 0.717) is 52.4 Å². The SMILES string of the molecule is CN(CCC(C)(C)N(Cl)Cl)C(=O)CCOCCOCCOCC[NH+](C)C. The van der Waals surface area contributed by atoms with Crippen LogP contribution < -0.4 is 4.90 Å². The Morgan fingerprint density at radius 2 is 1.46 bits per heavy atom. The van der Waals surface area contributed by atoms with Crippen LogP contribution in [0.1, 0.15) is 26.7 Å². The second kappa shape index (κ2) is 14.9. The maximum atomic E-state index is 12.0. The summed E-state index contributed by atoms with van der Waals surface area (Å²) in [6.45, 7) is 8.65. The lowest BCUT2D eigenvalue weighted by Crippen LogP contribution is -3.06. The van der Waals surface area contributed by atoms with Crippen LogP contribution in [0.3, 0.4) is 0 Å². The highest BCUT2D eigenvalue weighted by molar-refractivity contribution is 6.34. The minimum Gasteiger partial charge on any atom is -0.379 e. The summed E-state index contributed by atoms with van der Waals surface area (Å²) in [6, 6.07) is 0. The number of carbonyl (C=O) groups is 1. The first-order valence-corrected chi connectivity index (χ1v) is 9.72. The zero-order valence-corrected chi connectivity index (χ0v) is 18.4. The van der Waals surface area contributed by atoms with E-state index in [1.807, 2.05) is 13.8 Å². The van der Waals surface area contributed by atoms with Gasteiger partial charge in [-0.2, -0.15) is 0 Å². The smallest absolute Gasteiger partial charge is 0.224 e. The molecule has 9 heteroatoms. The molecule has 0 aliphatic carbocycles. The van der Waals surface area contributed by atoms with E-state index >= 15 is 0 Å². The molecule has 0 bridgehead atoms. The number of hydrogen-bond donors (Lipinski definition) is 1. The van der Waals surface area contributed by atoms with Crippen LogP contribution in [-0.2, 0) is 19.0 Å². The number of hydrogen-bond acceptors (Lipinski definition) is 5. The fourth-order valence-electron chi connectivity index (χ4n) is 1.82. The Balaban J connectivity index is 3.53. The number of nitrogens with one attached hydrogen (secondary N) is 1. The molecule has 0 heterocycles. The van der Waals surface area contributed by atoms with Crippen LogP contribution >= 0.6 is 23.6 Å². The van der Waals surface area contributed by atoms with Gasteiger partial charge in [0.2, 0.25) is 5.91 Å². The second-order valence-electron chi connectivity index (χ2n) is 7.15. The number of halogens is 2. The molecule has 1 amide bonds. The Kier molecular flexibility index (Phi) is 14.8. The molecule has 0 radical (unpaired) electrons. The van der Waals surface area contributed by atoms with E-state index in [0.717, 1.165) is 17.1 Å². The lowest BCUT2D eigenvalue weighted by Gasteiger charge is -2.29. The summed E-state index contributed by atoms with van der Waals surface area (Å²) in [7, 11) is 5.95. The Morgan fingerprint density at radius 3 is 1.96 bits per heavy atom. The Labute approximate surface area is 168 Å². The molecule has 0 aromatic rings. The molecule has 0 unspecified atom stereocenters. The normalized spacial score (nSPS) is 12.2. The van der Waals surface area contributed by atoms with Gasteiger partial charge in [0.25, 0.3) is 0 Å². The summed E-state index contributed by atoms with van der Waals surface area (Å²) in [5, 5.41) is 0. The van der Waals surface area contributed by atoms with Gasteiger partial charge < -0.3 is 24.0 Å². The minimum absolute atomic E-state index is 0.0360. The van der Waals surface area contributed by atoms with E-state index in [2.05, 4.69) is 14.1 Å². The van der Waals surface area contributed by atoms with Crippen molar-refractivity contribution in [1.29, 1.82) is 0 Å². The molecule has 0 aliphatic heterocycles. The fraction of sp³-hybridized carbons (Fsp3) is 0.941. The van der Waals surface area contributed by atoms with Crippen molar-refractivity contribution >= 4 is 29.5 Å². The van der Waals surface area contributed by atoms with Crippen molar-refractivity contribution in [3.05, 3.63) is 0 Å². The molecule has 0 saturated heterocycles. The predicted octanol–water partition coefficient (Wildman–Crippen LogP) is 0.808. The second-order valence-corrected chi connectivity index (χ2v) is 8.00. The molecule has 0 spiro atoms. The highest BCUT2D eigenvalue weighted by atomic mass is 35.5. The van der Waals surface area contributed by atoms with Crippen molar-refractivity contribution in [2.75, 3.05) is 73.9 Å². The molecule has 0 fully saturated rings. The number of amides is 1. The van der Waals surface area contributed by atoms with E-state index < -0.39 is 0 Å². The van der Waals surface area contributed by atoms with Crippen LogP contribution in [0, 0.1) is 0 Å². The molecule has 7 nitrogen and oxygen atoms in total. The number of nitrogens with zero attached hydrogens (tertiary/aromatic N) is 2. The fourth-order valence-corrected chi connectivity index (χ4v) is 1.99. The van der Waals surface area contributed by atoms with Gasteiger partial charge in [0, 0.05) is 19.1 Å². The molecule has 0 saturated carbocycles. The zero-order chi connectivity index (χ0) is 20.0. The summed E-state index contributed by atoms with van der Waals surface area (Å²) >= 11 is 11.6. The van der Waals surface area contributed by atoms with Crippen LogP contribution in [0.5, 0.6) is 0 Å². The van der Waals surface area contributed by atoms with Crippen molar-refractivity contribution in [1.82, 2.24) is 8.84 Å². The summed E-state index contributed by atoms with van der Waals surface area (Å²) in [6.07, 6.45) is 1.02. The van der Waals surface area contributed by atoms with E-state index in [9.17, 15) is 4.79 Å². The molecular weight excluding hydrogens is 381 g/mol. The lowest BCUT2D eigenvalue weighted by atomic mass is 10.0. The molecule has 0 rings (SSSR count). The van der Waals surface area contributed by atoms with Gasteiger partial charge in [-0.25, -0.2) is 0 Å². The number of ether oxygens (including phenoxy) is 3. The summed E-state index contributed by atoms with van der Waals surface area (Å²) in [4.78, 5) is 15.1.